The monoisotopic (exact) mass is 349 g/mol. The van der Waals surface area contributed by atoms with Crippen molar-refractivity contribution in [3.8, 4) is 0 Å². The third-order valence-corrected chi connectivity index (χ3v) is 5.92. The van der Waals surface area contributed by atoms with E-state index < -0.39 is 22.5 Å². The van der Waals surface area contributed by atoms with E-state index in [9.17, 15) is 13.2 Å². The first-order valence-corrected chi connectivity index (χ1v) is 9.21. The topological polar surface area (TPSA) is 92.5 Å². The van der Waals surface area contributed by atoms with E-state index in [1.165, 1.54) is 12.4 Å². The van der Waals surface area contributed by atoms with Crippen LogP contribution >= 0.6 is 0 Å². The van der Waals surface area contributed by atoms with Crippen molar-refractivity contribution in [2.45, 2.75) is 36.7 Å². The largest absolute Gasteiger partial charge is 0.480 e. The number of benzene rings is 1. The summed E-state index contributed by atoms with van der Waals surface area (Å²) in [4.78, 5) is 11.2. The number of hydrogen-bond acceptors (Lipinski definition) is 4. The lowest BCUT2D eigenvalue weighted by molar-refractivity contribution is -0.137. The Morgan fingerprint density at radius 3 is 2.58 bits per heavy atom. The molecule has 0 atom stereocenters. The second-order valence-electron chi connectivity index (χ2n) is 5.89. The normalized spacial score (nSPS) is 15.4. The third-order valence-electron chi connectivity index (χ3n) is 4.18. The van der Waals surface area contributed by atoms with Crippen LogP contribution in [0.1, 0.15) is 30.9 Å². The van der Waals surface area contributed by atoms with Crippen molar-refractivity contribution in [2.75, 3.05) is 6.54 Å². The molecule has 1 aliphatic carbocycles. The Bertz CT molecular complexity index is 813. The van der Waals surface area contributed by atoms with E-state index in [-0.39, 0.29) is 17.5 Å². The number of nitrogens with zero attached hydrogens (tertiary/aromatic N) is 3. The van der Waals surface area contributed by atoms with E-state index >= 15 is 0 Å². The van der Waals surface area contributed by atoms with Crippen molar-refractivity contribution in [3.63, 3.8) is 0 Å². The molecule has 1 heterocycles. The van der Waals surface area contributed by atoms with E-state index in [0.29, 0.717) is 0 Å². The number of carbonyl (C=O) groups is 1. The van der Waals surface area contributed by atoms with Crippen LogP contribution in [0.2, 0.25) is 0 Å². The maximum absolute atomic E-state index is 12.8. The summed E-state index contributed by atoms with van der Waals surface area (Å²) in [6, 6.07) is 9.17. The van der Waals surface area contributed by atoms with Gasteiger partial charge in [-0.05, 0) is 24.8 Å². The summed E-state index contributed by atoms with van der Waals surface area (Å²) in [5.41, 5.74) is 0.730. The molecule has 2 aromatic rings. The van der Waals surface area contributed by atoms with Gasteiger partial charge in [-0.25, -0.2) is 8.42 Å². The summed E-state index contributed by atoms with van der Waals surface area (Å²) in [5.74, 6) is -1.19. The van der Waals surface area contributed by atoms with Gasteiger partial charge < -0.3 is 5.11 Å². The molecule has 0 saturated heterocycles. The molecule has 1 aromatic heterocycles. The molecule has 1 aromatic carbocycles. The van der Waals surface area contributed by atoms with Crippen LogP contribution in [0.4, 0.5) is 0 Å². The van der Waals surface area contributed by atoms with E-state index in [0.717, 1.165) is 29.1 Å². The van der Waals surface area contributed by atoms with E-state index in [4.69, 9.17) is 5.11 Å². The van der Waals surface area contributed by atoms with E-state index in [1.807, 2.05) is 6.07 Å². The smallest absolute Gasteiger partial charge is 0.318 e. The highest BCUT2D eigenvalue weighted by Crippen LogP contribution is 2.31. The first kappa shape index (κ1) is 16.7. The van der Waals surface area contributed by atoms with Crippen LogP contribution in [0.15, 0.2) is 47.6 Å². The van der Waals surface area contributed by atoms with E-state index in [1.54, 1.807) is 28.9 Å². The molecule has 0 amide bonds. The molecule has 1 N–H and O–H groups in total. The molecule has 8 heteroatoms. The zero-order valence-electron chi connectivity index (χ0n) is 13.1. The molecule has 24 heavy (non-hydrogen) atoms. The Morgan fingerprint density at radius 2 is 2.00 bits per heavy atom. The molecular formula is C16H19N3O4S. The molecule has 0 spiro atoms. The second-order valence-corrected chi connectivity index (χ2v) is 7.83. The van der Waals surface area contributed by atoms with Gasteiger partial charge in [0.05, 0.1) is 12.2 Å². The van der Waals surface area contributed by atoms with Crippen molar-refractivity contribution in [1.29, 1.82) is 0 Å². The van der Waals surface area contributed by atoms with Crippen LogP contribution in [-0.4, -0.2) is 40.1 Å². The molecule has 3 rings (SSSR count). The standard InChI is InChI=1S/C16H19N3O4S/c20-16(21)12-18(10-13-5-2-1-3-6-13)24(22,23)15-9-17-19(11-15)14-7-4-8-14/h1-3,5-6,9,11,14H,4,7-8,10,12H2,(H,20,21). The summed E-state index contributed by atoms with van der Waals surface area (Å²) in [6.45, 7) is -0.587. The SMILES string of the molecule is O=C(O)CN(Cc1ccccc1)S(=O)(=O)c1cnn(C2CCC2)c1. The fraction of sp³-hybridized carbons (Fsp3) is 0.375. The van der Waals surface area contributed by atoms with Gasteiger partial charge in [-0.2, -0.15) is 9.40 Å². The van der Waals surface area contributed by atoms with Crippen LogP contribution in [0.5, 0.6) is 0 Å². The number of carboxylic acid groups (broad SMARTS) is 1. The summed E-state index contributed by atoms with van der Waals surface area (Å²) in [5, 5.41) is 13.2. The number of hydrogen-bond donors (Lipinski definition) is 1. The minimum atomic E-state index is -3.92. The number of rotatable bonds is 7. The lowest BCUT2D eigenvalue weighted by Crippen LogP contribution is -2.35. The van der Waals surface area contributed by atoms with Crippen molar-refractivity contribution in [3.05, 3.63) is 48.3 Å². The van der Waals surface area contributed by atoms with Gasteiger partial charge in [0.1, 0.15) is 11.4 Å². The lowest BCUT2D eigenvalue weighted by atomic mass is 9.93. The van der Waals surface area contributed by atoms with Crippen LogP contribution < -0.4 is 0 Å². The molecule has 1 fully saturated rings. The quantitative estimate of drug-likeness (QED) is 0.824. The second kappa shape index (κ2) is 6.74. The molecule has 0 aliphatic heterocycles. The number of sulfonamides is 1. The predicted octanol–water partition coefficient (Wildman–Crippen LogP) is 1.88. The van der Waals surface area contributed by atoms with E-state index in [2.05, 4.69) is 5.10 Å². The van der Waals surface area contributed by atoms with Gasteiger partial charge in [0.25, 0.3) is 0 Å². The summed E-state index contributed by atoms with van der Waals surface area (Å²) in [6.07, 6.45) is 5.90. The fourth-order valence-corrected chi connectivity index (χ4v) is 3.94. The van der Waals surface area contributed by atoms with Crippen LogP contribution in [0.3, 0.4) is 0 Å². The van der Waals surface area contributed by atoms with Crippen LogP contribution in [0, 0.1) is 0 Å². The maximum atomic E-state index is 12.8. The highest BCUT2D eigenvalue weighted by molar-refractivity contribution is 7.89. The van der Waals surface area contributed by atoms with Crippen molar-refractivity contribution >= 4 is 16.0 Å². The average Bonchev–Trinajstić information content (AvgIpc) is 2.95. The van der Waals surface area contributed by atoms with Gasteiger partial charge in [-0.1, -0.05) is 30.3 Å². The highest BCUT2D eigenvalue weighted by Gasteiger charge is 2.29. The molecule has 0 bridgehead atoms. The van der Waals surface area contributed by atoms with Gasteiger partial charge in [0.15, 0.2) is 0 Å². The lowest BCUT2D eigenvalue weighted by Gasteiger charge is -2.25. The fourth-order valence-electron chi connectivity index (χ4n) is 2.62. The van der Waals surface area contributed by atoms with Gasteiger partial charge >= 0.3 is 5.97 Å². The molecule has 1 saturated carbocycles. The Labute approximate surface area is 140 Å². The highest BCUT2D eigenvalue weighted by atomic mass is 32.2. The first-order chi connectivity index (χ1) is 11.5. The van der Waals surface area contributed by atoms with Crippen molar-refractivity contribution in [1.82, 2.24) is 14.1 Å². The maximum Gasteiger partial charge on any atom is 0.318 e. The zero-order chi connectivity index (χ0) is 17.2. The Hall–Kier alpha value is -2.19. The Kier molecular flexibility index (Phi) is 4.68. The molecule has 7 nitrogen and oxygen atoms in total. The average molecular weight is 349 g/mol. The molecule has 1 aliphatic rings. The van der Waals surface area contributed by atoms with Gasteiger partial charge in [-0.3, -0.25) is 9.48 Å². The Balaban J connectivity index is 1.86. The van der Waals surface area contributed by atoms with Gasteiger partial charge in [-0.15, -0.1) is 0 Å². The first-order valence-electron chi connectivity index (χ1n) is 7.77. The van der Waals surface area contributed by atoms with Crippen molar-refractivity contribution in [2.24, 2.45) is 0 Å². The molecular weight excluding hydrogens is 330 g/mol. The summed E-state index contributed by atoms with van der Waals surface area (Å²) >= 11 is 0. The molecule has 128 valence electrons. The Morgan fingerprint density at radius 1 is 1.29 bits per heavy atom. The number of carboxylic acids is 1. The number of aromatic nitrogens is 2. The summed E-state index contributed by atoms with van der Waals surface area (Å²) in [7, 11) is -3.92. The summed E-state index contributed by atoms with van der Waals surface area (Å²) < 4.78 is 28.3. The minimum absolute atomic E-state index is 0.00405. The van der Waals surface area contributed by atoms with Gasteiger partial charge in [0.2, 0.25) is 10.0 Å². The predicted molar refractivity (Wildman–Crippen MR) is 86.8 cm³/mol. The van der Waals surface area contributed by atoms with Crippen LogP contribution in [0.25, 0.3) is 0 Å². The zero-order valence-corrected chi connectivity index (χ0v) is 13.9. The molecule has 0 unspecified atom stereocenters. The number of aliphatic carboxylic acids is 1. The minimum Gasteiger partial charge on any atom is -0.480 e. The van der Waals surface area contributed by atoms with Gasteiger partial charge in [0, 0.05) is 12.7 Å². The van der Waals surface area contributed by atoms with Crippen molar-refractivity contribution < 1.29 is 18.3 Å². The molecule has 0 radical (unpaired) electrons. The van der Waals surface area contributed by atoms with Crippen LogP contribution in [-0.2, 0) is 21.4 Å². The third kappa shape index (κ3) is 3.49.